The Morgan fingerprint density at radius 3 is 3.06 bits per heavy atom. The zero-order valence-corrected chi connectivity index (χ0v) is 9.26. The number of aryl methyl sites for hydroxylation is 1. The van der Waals surface area contributed by atoms with Crippen molar-refractivity contribution in [1.29, 1.82) is 0 Å². The van der Waals surface area contributed by atoms with Crippen molar-refractivity contribution in [3.05, 3.63) is 35.1 Å². The van der Waals surface area contributed by atoms with Crippen LogP contribution in [0.5, 0.6) is 6.01 Å². The lowest BCUT2D eigenvalue weighted by molar-refractivity contribution is 0.163. The van der Waals surface area contributed by atoms with E-state index in [0.29, 0.717) is 11.2 Å². The zero-order chi connectivity index (χ0) is 12.5. The van der Waals surface area contributed by atoms with Crippen LogP contribution in [0, 0.1) is 0 Å². The van der Waals surface area contributed by atoms with E-state index >= 15 is 0 Å². The Morgan fingerprint density at radius 1 is 1.33 bits per heavy atom. The van der Waals surface area contributed by atoms with E-state index in [4.69, 9.17) is 4.84 Å². The molecule has 0 spiro atoms. The van der Waals surface area contributed by atoms with Gasteiger partial charge in [-0.2, -0.15) is 4.98 Å². The summed E-state index contributed by atoms with van der Waals surface area (Å²) in [6.45, 7) is 0. The third-order valence-corrected chi connectivity index (χ3v) is 2.18. The molecule has 9 nitrogen and oxygen atoms in total. The van der Waals surface area contributed by atoms with Crippen LogP contribution in [-0.2, 0) is 7.05 Å². The molecule has 3 aromatic heterocycles. The first-order valence-corrected chi connectivity index (χ1v) is 4.98. The summed E-state index contributed by atoms with van der Waals surface area (Å²) in [5, 5.41) is 7.58. The van der Waals surface area contributed by atoms with E-state index in [0.717, 1.165) is 4.85 Å². The highest BCUT2D eigenvalue weighted by molar-refractivity contribution is 5.68. The second-order valence-corrected chi connectivity index (χ2v) is 3.43. The maximum Gasteiger partial charge on any atom is 0.353 e. The zero-order valence-electron chi connectivity index (χ0n) is 9.26. The molecule has 90 valence electrons. The van der Waals surface area contributed by atoms with E-state index in [1.54, 1.807) is 25.4 Å². The average molecular weight is 245 g/mol. The van der Waals surface area contributed by atoms with Gasteiger partial charge in [-0.05, 0) is 22.2 Å². The van der Waals surface area contributed by atoms with Gasteiger partial charge in [0.25, 0.3) is 0 Å². The summed E-state index contributed by atoms with van der Waals surface area (Å²) in [6.07, 6.45) is 2.88. The van der Waals surface area contributed by atoms with Gasteiger partial charge in [0.1, 0.15) is 11.8 Å². The minimum atomic E-state index is -0.475. The molecule has 0 bridgehead atoms. The first-order chi connectivity index (χ1) is 8.74. The molecule has 0 saturated carbocycles. The average Bonchev–Trinajstić information content (AvgIpc) is 2.78. The van der Waals surface area contributed by atoms with Crippen molar-refractivity contribution in [2.45, 2.75) is 0 Å². The molecular formula is C9H7N7O2. The van der Waals surface area contributed by atoms with E-state index in [-0.39, 0.29) is 6.01 Å². The topological polar surface area (TPSA) is 101 Å². The lowest BCUT2D eigenvalue weighted by atomic mass is 10.4. The van der Waals surface area contributed by atoms with E-state index in [2.05, 4.69) is 25.3 Å². The maximum absolute atomic E-state index is 11.3. The molecule has 3 aromatic rings. The number of rotatable bonds is 2. The Kier molecular flexibility index (Phi) is 2.22. The molecule has 18 heavy (non-hydrogen) atoms. The second kappa shape index (κ2) is 3.87. The third kappa shape index (κ3) is 1.67. The maximum atomic E-state index is 11.3. The van der Waals surface area contributed by atoms with Gasteiger partial charge in [-0.15, -0.1) is 10.1 Å². The highest BCUT2D eigenvalue weighted by Gasteiger charge is 2.08. The fraction of sp³-hybridized carbons (Fsp3) is 0.111. The summed E-state index contributed by atoms with van der Waals surface area (Å²) in [6, 6.07) is 3.35. The normalized spacial score (nSPS) is 10.7. The Morgan fingerprint density at radius 2 is 2.22 bits per heavy atom. The van der Waals surface area contributed by atoms with Crippen LogP contribution < -0.4 is 10.5 Å². The van der Waals surface area contributed by atoms with Gasteiger partial charge >= 0.3 is 11.7 Å². The van der Waals surface area contributed by atoms with E-state index in [9.17, 15) is 4.79 Å². The minimum Gasteiger partial charge on any atom is -0.312 e. The quantitative estimate of drug-likeness (QED) is 0.580. The van der Waals surface area contributed by atoms with Crippen LogP contribution in [-0.4, -0.2) is 34.7 Å². The molecule has 0 aliphatic heterocycles. The standard InChI is InChI=1S/C9H7N7O2/c1-15-5-11-8(12-9(15)17)18-16-7-6(13-14-16)3-2-4-10-7/h2-5H,1H3. The number of pyridine rings is 1. The first-order valence-electron chi connectivity index (χ1n) is 4.98. The van der Waals surface area contributed by atoms with Gasteiger partial charge in [0, 0.05) is 13.2 Å². The van der Waals surface area contributed by atoms with Crippen molar-refractivity contribution in [1.82, 2.24) is 34.7 Å². The van der Waals surface area contributed by atoms with Gasteiger partial charge in [0.2, 0.25) is 5.65 Å². The molecular weight excluding hydrogens is 238 g/mol. The summed E-state index contributed by atoms with van der Waals surface area (Å²) < 4.78 is 1.23. The van der Waals surface area contributed by atoms with Crippen molar-refractivity contribution in [3.8, 4) is 6.01 Å². The van der Waals surface area contributed by atoms with Crippen LogP contribution in [0.2, 0.25) is 0 Å². The molecule has 9 heteroatoms. The Labute approximate surface area is 99.6 Å². The molecule has 0 aliphatic carbocycles. The lowest BCUT2D eigenvalue weighted by Crippen LogP contribution is -2.22. The number of hydrogen-bond donors (Lipinski definition) is 0. The van der Waals surface area contributed by atoms with Crippen LogP contribution in [0.4, 0.5) is 0 Å². The van der Waals surface area contributed by atoms with Gasteiger partial charge in [-0.3, -0.25) is 4.57 Å². The van der Waals surface area contributed by atoms with Crippen molar-refractivity contribution >= 4 is 11.2 Å². The molecule has 0 saturated heterocycles. The van der Waals surface area contributed by atoms with Crippen molar-refractivity contribution < 1.29 is 4.84 Å². The smallest absolute Gasteiger partial charge is 0.312 e. The minimum absolute atomic E-state index is 0.115. The summed E-state index contributed by atoms with van der Waals surface area (Å²) in [7, 11) is 1.54. The van der Waals surface area contributed by atoms with Crippen LogP contribution in [0.1, 0.15) is 0 Å². The van der Waals surface area contributed by atoms with Crippen LogP contribution in [0.3, 0.4) is 0 Å². The summed E-state index contributed by atoms with van der Waals surface area (Å²) in [5.41, 5.74) is 0.514. The number of aromatic nitrogens is 7. The summed E-state index contributed by atoms with van der Waals surface area (Å²) in [5.74, 6) is 0. The molecule has 0 atom stereocenters. The molecule has 0 aromatic carbocycles. The first kappa shape index (κ1) is 10.3. The highest BCUT2D eigenvalue weighted by atomic mass is 16.7. The predicted octanol–water partition coefficient (Wildman–Crippen LogP) is -0.843. The highest BCUT2D eigenvalue weighted by Crippen LogP contribution is 2.07. The SMILES string of the molecule is Cn1cnc(On2nnc3cccnc32)nc1=O. The number of nitrogens with zero attached hydrogens (tertiary/aromatic N) is 7. The fourth-order valence-electron chi connectivity index (χ4n) is 1.30. The molecule has 3 heterocycles. The van der Waals surface area contributed by atoms with Crippen LogP contribution in [0.25, 0.3) is 11.2 Å². The summed E-state index contributed by atoms with van der Waals surface area (Å²) >= 11 is 0. The van der Waals surface area contributed by atoms with Gasteiger partial charge in [-0.1, -0.05) is 0 Å². The summed E-state index contributed by atoms with van der Waals surface area (Å²) in [4.78, 5) is 29.1. The van der Waals surface area contributed by atoms with Crippen LogP contribution >= 0.6 is 0 Å². The predicted molar refractivity (Wildman–Crippen MR) is 58.6 cm³/mol. The molecule has 3 rings (SSSR count). The van der Waals surface area contributed by atoms with Crippen molar-refractivity contribution in [3.63, 3.8) is 0 Å². The van der Waals surface area contributed by atoms with Gasteiger partial charge in [0.15, 0.2) is 0 Å². The molecule has 0 N–H and O–H groups in total. The fourth-order valence-corrected chi connectivity index (χ4v) is 1.30. The molecule has 0 unspecified atom stereocenters. The van der Waals surface area contributed by atoms with Gasteiger partial charge in [-0.25, -0.2) is 9.78 Å². The molecule has 0 aliphatic rings. The van der Waals surface area contributed by atoms with E-state index < -0.39 is 5.69 Å². The third-order valence-electron chi connectivity index (χ3n) is 2.18. The number of hydrogen-bond acceptors (Lipinski definition) is 7. The Hall–Kier alpha value is -2.84. The van der Waals surface area contributed by atoms with E-state index in [1.807, 2.05) is 0 Å². The number of fused-ring (bicyclic) bond motifs is 1. The van der Waals surface area contributed by atoms with Crippen LogP contribution in [0.15, 0.2) is 29.5 Å². The largest absolute Gasteiger partial charge is 0.353 e. The van der Waals surface area contributed by atoms with E-state index in [1.165, 1.54) is 10.9 Å². The van der Waals surface area contributed by atoms with Crippen molar-refractivity contribution in [2.24, 2.45) is 7.05 Å². The van der Waals surface area contributed by atoms with Gasteiger partial charge in [0.05, 0.1) is 0 Å². The lowest BCUT2D eigenvalue weighted by Gasteiger charge is -2.01. The van der Waals surface area contributed by atoms with Gasteiger partial charge < -0.3 is 4.84 Å². The Balaban J connectivity index is 2.01. The molecule has 0 amide bonds. The second-order valence-electron chi connectivity index (χ2n) is 3.43. The van der Waals surface area contributed by atoms with Crippen molar-refractivity contribution in [2.75, 3.05) is 0 Å². The Bertz CT molecular complexity index is 763. The molecule has 0 radical (unpaired) electrons. The monoisotopic (exact) mass is 245 g/mol. The molecule has 0 fully saturated rings.